The lowest BCUT2D eigenvalue weighted by molar-refractivity contribution is -0.0746. The fraction of sp³-hybridized carbons (Fsp3) is 0.667. The smallest absolute Gasteiger partial charge is 0.0847 e. The van der Waals surface area contributed by atoms with Crippen LogP contribution in [0.5, 0.6) is 0 Å². The first-order valence-electron chi connectivity index (χ1n) is 8.08. The maximum absolute atomic E-state index is 5.98. The Morgan fingerprint density at radius 2 is 2.00 bits per heavy atom. The first-order chi connectivity index (χ1) is 10.0. The van der Waals surface area contributed by atoms with Gasteiger partial charge in [0.15, 0.2) is 0 Å². The van der Waals surface area contributed by atoms with Crippen molar-refractivity contribution in [1.82, 2.24) is 5.43 Å². The van der Waals surface area contributed by atoms with Crippen LogP contribution in [0.15, 0.2) is 18.2 Å². The molecule has 0 amide bonds. The molecule has 21 heavy (non-hydrogen) atoms. The Labute approximate surface area is 129 Å². The number of ether oxygens (including phenoxy) is 1. The first kappa shape index (κ1) is 16.5. The van der Waals surface area contributed by atoms with Gasteiger partial charge in [0, 0.05) is 7.11 Å². The van der Waals surface area contributed by atoms with Crippen LogP contribution in [0.3, 0.4) is 0 Å². The summed E-state index contributed by atoms with van der Waals surface area (Å²) in [5.74, 6) is 6.70. The van der Waals surface area contributed by atoms with Gasteiger partial charge in [-0.3, -0.25) is 11.3 Å². The zero-order valence-electron chi connectivity index (χ0n) is 13.9. The van der Waals surface area contributed by atoms with Gasteiger partial charge < -0.3 is 4.74 Å². The van der Waals surface area contributed by atoms with Crippen LogP contribution in [-0.2, 0) is 11.2 Å². The summed E-state index contributed by atoms with van der Waals surface area (Å²) in [6.45, 7) is 6.64. The summed E-state index contributed by atoms with van der Waals surface area (Å²) in [6, 6.07) is 6.79. The van der Waals surface area contributed by atoms with E-state index in [9.17, 15) is 0 Å². The number of benzene rings is 1. The summed E-state index contributed by atoms with van der Waals surface area (Å²) < 4.78 is 5.98. The van der Waals surface area contributed by atoms with Crippen LogP contribution in [0, 0.1) is 19.8 Å². The molecule has 1 aromatic rings. The van der Waals surface area contributed by atoms with Crippen LogP contribution in [0.4, 0.5) is 0 Å². The third-order valence-corrected chi connectivity index (χ3v) is 5.29. The van der Waals surface area contributed by atoms with E-state index in [1.807, 2.05) is 7.11 Å². The van der Waals surface area contributed by atoms with Crippen molar-refractivity contribution in [2.45, 2.75) is 64.5 Å². The monoisotopic (exact) mass is 290 g/mol. The van der Waals surface area contributed by atoms with Crippen molar-refractivity contribution < 1.29 is 4.74 Å². The average molecular weight is 290 g/mol. The van der Waals surface area contributed by atoms with Crippen LogP contribution in [-0.4, -0.2) is 18.8 Å². The highest BCUT2D eigenvalue weighted by atomic mass is 16.5. The van der Waals surface area contributed by atoms with Crippen molar-refractivity contribution in [3.05, 3.63) is 34.9 Å². The number of hydrazine groups is 1. The molecule has 1 unspecified atom stereocenters. The fourth-order valence-corrected chi connectivity index (χ4v) is 3.58. The lowest BCUT2D eigenvalue weighted by atomic mass is 9.73. The second-order valence-electron chi connectivity index (χ2n) is 6.80. The highest BCUT2D eigenvalue weighted by Crippen LogP contribution is 2.37. The van der Waals surface area contributed by atoms with Gasteiger partial charge in [-0.25, -0.2) is 0 Å². The highest BCUT2D eigenvalue weighted by molar-refractivity contribution is 5.31. The fourth-order valence-electron chi connectivity index (χ4n) is 3.58. The summed E-state index contributed by atoms with van der Waals surface area (Å²) in [4.78, 5) is 0. The van der Waals surface area contributed by atoms with Gasteiger partial charge in [-0.1, -0.05) is 30.7 Å². The van der Waals surface area contributed by atoms with E-state index in [0.717, 1.165) is 25.2 Å². The van der Waals surface area contributed by atoms with Crippen LogP contribution < -0.4 is 11.3 Å². The number of hydrogen-bond donors (Lipinski definition) is 2. The van der Waals surface area contributed by atoms with Crippen LogP contribution in [0.2, 0.25) is 0 Å². The number of methoxy groups -OCH3 is 1. The molecule has 0 saturated heterocycles. The second-order valence-corrected chi connectivity index (χ2v) is 6.80. The van der Waals surface area contributed by atoms with Crippen molar-refractivity contribution in [3.63, 3.8) is 0 Å². The van der Waals surface area contributed by atoms with E-state index < -0.39 is 0 Å². The molecule has 2 rings (SSSR count). The molecule has 3 nitrogen and oxygen atoms in total. The van der Waals surface area contributed by atoms with E-state index in [1.165, 1.54) is 29.5 Å². The molecule has 1 aliphatic rings. The van der Waals surface area contributed by atoms with Crippen molar-refractivity contribution in [1.29, 1.82) is 0 Å². The normalized spacial score (nSPS) is 27.6. The van der Waals surface area contributed by atoms with E-state index in [2.05, 4.69) is 44.4 Å². The molecular weight excluding hydrogens is 260 g/mol. The van der Waals surface area contributed by atoms with Crippen LogP contribution in [0.1, 0.15) is 49.3 Å². The zero-order valence-corrected chi connectivity index (χ0v) is 13.9. The quantitative estimate of drug-likeness (QED) is 0.646. The molecule has 3 N–H and O–H groups in total. The minimum absolute atomic E-state index is 0.128. The molecule has 0 aromatic heterocycles. The van der Waals surface area contributed by atoms with Gasteiger partial charge in [0.1, 0.15) is 0 Å². The van der Waals surface area contributed by atoms with Gasteiger partial charge in [0.2, 0.25) is 0 Å². The number of hydrogen-bond acceptors (Lipinski definition) is 3. The molecule has 1 saturated carbocycles. The molecule has 0 aliphatic heterocycles. The summed E-state index contributed by atoms with van der Waals surface area (Å²) in [5, 5.41) is 0. The molecule has 0 spiro atoms. The molecule has 0 bridgehead atoms. The summed E-state index contributed by atoms with van der Waals surface area (Å²) in [5.41, 5.74) is 6.92. The molecule has 3 heteroatoms. The molecule has 1 fully saturated rings. The van der Waals surface area contributed by atoms with Gasteiger partial charge in [-0.05, 0) is 63.0 Å². The average Bonchev–Trinajstić information content (AvgIpc) is 2.49. The topological polar surface area (TPSA) is 47.3 Å². The number of nitrogens with two attached hydrogens (primary N) is 1. The summed E-state index contributed by atoms with van der Waals surface area (Å²) in [6.07, 6.45) is 5.54. The van der Waals surface area contributed by atoms with E-state index in [1.54, 1.807) is 0 Å². The molecule has 118 valence electrons. The Morgan fingerprint density at radius 3 is 2.57 bits per heavy atom. The number of aryl methyl sites for hydroxylation is 2. The van der Waals surface area contributed by atoms with Gasteiger partial charge in [-0.15, -0.1) is 0 Å². The highest BCUT2D eigenvalue weighted by Gasteiger charge is 2.41. The Kier molecular flexibility index (Phi) is 5.42. The SMILES string of the molecule is COC1(C(Cc2cc(C)ccc2C)NN)CCC(C)CC1. The standard InChI is InChI=1S/C18H30N2O/c1-13-7-9-18(21-4,10-8-13)17(20-19)12-16-11-14(2)5-6-15(16)3/h5-6,11,13,17,20H,7-10,12,19H2,1-4H3. The molecule has 0 radical (unpaired) electrons. The Balaban J connectivity index is 2.19. The van der Waals surface area contributed by atoms with Gasteiger partial charge in [0.05, 0.1) is 11.6 Å². The number of nitrogens with one attached hydrogen (secondary N) is 1. The maximum Gasteiger partial charge on any atom is 0.0847 e. The molecule has 1 atom stereocenters. The van der Waals surface area contributed by atoms with E-state index in [-0.39, 0.29) is 11.6 Å². The molecule has 0 heterocycles. The minimum Gasteiger partial charge on any atom is -0.377 e. The lowest BCUT2D eigenvalue weighted by Crippen LogP contribution is -2.57. The minimum atomic E-state index is -0.128. The lowest BCUT2D eigenvalue weighted by Gasteiger charge is -2.44. The predicted octanol–water partition coefficient (Wildman–Crippen LogP) is 3.27. The van der Waals surface area contributed by atoms with E-state index in [0.29, 0.717) is 0 Å². The van der Waals surface area contributed by atoms with Crippen molar-refractivity contribution >= 4 is 0 Å². The van der Waals surface area contributed by atoms with Crippen LogP contribution >= 0.6 is 0 Å². The molecule has 1 aliphatic carbocycles. The van der Waals surface area contributed by atoms with Crippen molar-refractivity contribution in [3.8, 4) is 0 Å². The first-order valence-corrected chi connectivity index (χ1v) is 8.08. The second kappa shape index (κ2) is 6.91. The zero-order chi connectivity index (χ0) is 15.5. The predicted molar refractivity (Wildman–Crippen MR) is 88.1 cm³/mol. The van der Waals surface area contributed by atoms with Gasteiger partial charge >= 0.3 is 0 Å². The van der Waals surface area contributed by atoms with E-state index in [4.69, 9.17) is 10.6 Å². The Bertz CT molecular complexity index is 464. The third-order valence-electron chi connectivity index (χ3n) is 5.29. The van der Waals surface area contributed by atoms with Crippen molar-refractivity contribution in [2.75, 3.05) is 7.11 Å². The molecule has 1 aromatic carbocycles. The third kappa shape index (κ3) is 3.65. The van der Waals surface area contributed by atoms with Crippen molar-refractivity contribution in [2.24, 2.45) is 11.8 Å². The number of rotatable bonds is 5. The van der Waals surface area contributed by atoms with Crippen LogP contribution in [0.25, 0.3) is 0 Å². The van der Waals surface area contributed by atoms with E-state index >= 15 is 0 Å². The summed E-state index contributed by atoms with van der Waals surface area (Å²) >= 11 is 0. The Morgan fingerprint density at radius 1 is 1.33 bits per heavy atom. The largest absolute Gasteiger partial charge is 0.377 e. The van der Waals surface area contributed by atoms with Gasteiger partial charge in [0.25, 0.3) is 0 Å². The Hall–Kier alpha value is -0.900. The molecular formula is C18H30N2O. The van der Waals surface area contributed by atoms with Gasteiger partial charge in [-0.2, -0.15) is 0 Å². The summed E-state index contributed by atoms with van der Waals surface area (Å²) in [7, 11) is 1.84. The maximum atomic E-state index is 5.98.